The fourth-order valence-corrected chi connectivity index (χ4v) is 4.24. The molecular weight excluding hydrogens is 339 g/mol. The molecule has 0 fully saturated rings. The molecule has 0 bridgehead atoms. The third-order valence-corrected chi connectivity index (χ3v) is 5.46. The molecule has 2 amide bonds. The van der Waals surface area contributed by atoms with Gasteiger partial charge in [0.05, 0.1) is 16.8 Å². The minimum Gasteiger partial charge on any atom is -0.317 e. The van der Waals surface area contributed by atoms with E-state index < -0.39 is 0 Å². The average Bonchev–Trinajstić information content (AvgIpc) is 2.97. The van der Waals surface area contributed by atoms with Crippen LogP contribution in [0.25, 0.3) is 0 Å². The summed E-state index contributed by atoms with van der Waals surface area (Å²) in [6, 6.07) is 7.21. The molecule has 1 aromatic carbocycles. The van der Waals surface area contributed by atoms with Crippen LogP contribution in [0.2, 0.25) is 10.0 Å². The Morgan fingerprint density at radius 3 is 2.95 bits per heavy atom. The van der Waals surface area contributed by atoms with E-state index >= 15 is 0 Å². The van der Waals surface area contributed by atoms with Crippen molar-refractivity contribution in [3.8, 4) is 0 Å². The first-order valence-corrected chi connectivity index (χ1v) is 8.82. The first kappa shape index (κ1) is 15.7. The Morgan fingerprint density at radius 1 is 1.41 bits per heavy atom. The molecule has 1 aromatic heterocycles. The number of thiophene rings is 1. The Kier molecular flexibility index (Phi) is 4.62. The molecule has 3 nitrogen and oxygen atoms in total. The van der Waals surface area contributed by atoms with Crippen LogP contribution in [0.5, 0.6) is 0 Å². The van der Waals surface area contributed by atoms with Crippen molar-refractivity contribution in [2.45, 2.75) is 25.8 Å². The van der Waals surface area contributed by atoms with Crippen molar-refractivity contribution in [1.82, 2.24) is 4.90 Å². The third-order valence-electron chi connectivity index (χ3n) is 3.92. The number of hydrogen-bond donors (Lipinski definition) is 1. The number of carbonyl (C=O) groups excluding carboxylic acids is 1. The second-order valence-corrected chi connectivity index (χ2v) is 7.07. The highest BCUT2D eigenvalue weighted by Crippen LogP contribution is 2.36. The molecule has 6 heteroatoms. The van der Waals surface area contributed by atoms with E-state index in [1.165, 1.54) is 10.4 Å². The van der Waals surface area contributed by atoms with E-state index in [4.69, 9.17) is 23.2 Å². The number of nitrogens with zero attached hydrogens (tertiary/aromatic N) is 1. The summed E-state index contributed by atoms with van der Waals surface area (Å²) in [6.07, 6.45) is 1.80. The molecule has 3 rings (SSSR count). The molecule has 0 aliphatic carbocycles. The summed E-state index contributed by atoms with van der Waals surface area (Å²) in [7, 11) is 0. The SMILES string of the molecule is CCC1c2ccsc2CCN1C(=O)Nc1ccc(Cl)cc1Cl. The van der Waals surface area contributed by atoms with Crippen molar-refractivity contribution >= 4 is 46.3 Å². The molecule has 1 aliphatic heterocycles. The van der Waals surface area contributed by atoms with Crippen LogP contribution < -0.4 is 5.32 Å². The number of nitrogens with one attached hydrogen (secondary N) is 1. The first-order valence-electron chi connectivity index (χ1n) is 7.19. The number of amides is 2. The standard InChI is InChI=1S/C16H16Cl2N2OS/c1-2-14-11-6-8-22-15(11)5-7-20(14)16(21)19-13-4-3-10(17)9-12(13)18/h3-4,6,8-9,14H,2,5,7H2,1H3,(H,19,21). The summed E-state index contributed by atoms with van der Waals surface area (Å²) < 4.78 is 0. The maximum absolute atomic E-state index is 12.6. The predicted molar refractivity (Wildman–Crippen MR) is 93.2 cm³/mol. The van der Waals surface area contributed by atoms with Crippen LogP contribution in [-0.2, 0) is 6.42 Å². The van der Waals surface area contributed by atoms with Gasteiger partial charge in [0.1, 0.15) is 0 Å². The molecule has 1 atom stereocenters. The zero-order valence-electron chi connectivity index (χ0n) is 12.1. The number of fused-ring (bicyclic) bond motifs is 1. The van der Waals surface area contributed by atoms with Crippen LogP contribution in [0.4, 0.5) is 10.5 Å². The molecule has 2 aromatic rings. The van der Waals surface area contributed by atoms with Gasteiger partial charge in [-0.15, -0.1) is 11.3 Å². The van der Waals surface area contributed by atoms with Crippen molar-refractivity contribution in [2.75, 3.05) is 11.9 Å². The maximum atomic E-state index is 12.6. The number of halogens is 2. The van der Waals surface area contributed by atoms with Crippen LogP contribution in [0.3, 0.4) is 0 Å². The Balaban J connectivity index is 1.80. The van der Waals surface area contributed by atoms with E-state index in [-0.39, 0.29) is 12.1 Å². The van der Waals surface area contributed by atoms with Gasteiger partial charge in [-0.3, -0.25) is 0 Å². The number of anilines is 1. The minimum atomic E-state index is -0.118. The molecule has 0 radical (unpaired) electrons. The highest BCUT2D eigenvalue weighted by atomic mass is 35.5. The van der Waals surface area contributed by atoms with E-state index in [9.17, 15) is 4.79 Å². The molecule has 0 spiro atoms. The van der Waals surface area contributed by atoms with Crippen LogP contribution in [-0.4, -0.2) is 17.5 Å². The van der Waals surface area contributed by atoms with Crippen LogP contribution >= 0.6 is 34.5 Å². The molecule has 0 saturated heterocycles. The summed E-state index contributed by atoms with van der Waals surface area (Å²) in [6.45, 7) is 2.83. The van der Waals surface area contributed by atoms with Crippen molar-refractivity contribution < 1.29 is 4.79 Å². The van der Waals surface area contributed by atoms with Gasteiger partial charge in [-0.1, -0.05) is 30.1 Å². The van der Waals surface area contributed by atoms with E-state index in [2.05, 4.69) is 23.7 Å². The zero-order chi connectivity index (χ0) is 15.7. The summed E-state index contributed by atoms with van der Waals surface area (Å²) >= 11 is 13.8. The number of carbonyl (C=O) groups is 1. The number of benzene rings is 1. The second-order valence-electron chi connectivity index (χ2n) is 5.22. The van der Waals surface area contributed by atoms with Gasteiger partial charge < -0.3 is 10.2 Å². The number of urea groups is 1. The largest absolute Gasteiger partial charge is 0.322 e. The Labute approximate surface area is 143 Å². The second kappa shape index (κ2) is 6.49. The Hall–Kier alpha value is -1.23. The molecular formula is C16H16Cl2N2OS. The van der Waals surface area contributed by atoms with E-state index in [1.807, 2.05) is 4.90 Å². The molecule has 1 aliphatic rings. The summed E-state index contributed by atoms with van der Waals surface area (Å²) in [5, 5.41) is 5.99. The molecule has 1 N–H and O–H groups in total. The fourth-order valence-electron chi connectivity index (χ4n) is 2.86. The summed E-state index contributed by atoms with van der Waals surface area (Å²) in [5.74, 6) is 0. The first-order chi connectivity index (χ1) is 10.6. The number of rotatable bonds is 2. The van der Waals surface area contributed by atoms with Crippen LogP contribution in [0.1, 0.15) is 29.8 Å². The van der Waals surface area contributed by atoms with Crippen molar-refractivity contribution in [3.05, 3.63) is 50.1 Å². The predicted octanol–water partition coefficient (Wildman–Crippen LogP) is 5.60. The third kappa shape index (κ3) is 2.96. The lowest BCUT2D eigenvalue weighted by atomic mass is 9.98. The van der Waals surface area contributed by atoms with Crippen molar-refractivity contribution in [2.24, 2.45) is 0 Å². The van der Waals surface area contributed by atoms with Gasteiger partial charge in [0.15, 0.2) is 0 Å². The van der Waals surface area contributed by atoms with Crippen LogP contribution in [0, 0.1) is 0 Å². The van der Waals surface area contributed by atoms with Crippen molar-refractivity contribution in [1.29, 1.82) is 0 Å². The van der Waals surface area contributed by atoms with Gasteiger partial charge in [0.2, 0.25) is 0 Å². The topological polar surface area (TPSA) is 32.3 Å². The number of hydrogen-bond acceptors (Lipinski definition) is 2. The lowest BCUT2D eigenvalue weighted by molar-refractivity contribution is 0.181. The van der Waals surface area contributed by atoms with Gasteiger partial charge in [0, 0.05) is 16.4 Å². The quantitative estimate of drug-likeness (QED) is 0.748. The Morgan fingerprint density at radius 2 is 2.23 bits per heavy atom. The van der Waals surface area contributed by atoms with Crippen molar-refractivity contribution in [3.63, 3.8) is 0 Å². The minimum absolute atomic E-state index is 0.118. The van der Waals surface area contributed by atoms with Gasteiger partial charge >= 0.3 is 6.03 Å². The average molecular weight is 355 g/mol. The zero-order valence-corrected chi connectivity index (χ0v) is 14.4. The highest BCUT2D eigenvalue weighted by Gasteiger charge is 2.30. The highest BCUT2D eigenvalue weighted by molar-refractivity contribution is 7.10. The Bertz CT molecular complexity index is 701. The maximum Gasteiger partial charge on any atom is 0.322 e. The molecule has 116 valence electrons. The normalized spacial score (nSPS) is 17.2. The monoisotopic (exact) mass is 354 g/mol. The van der Waals surface area contributed by atoms with Gasteiger partial charge in [-0.2, -0.15) is 0 Å². The molecule has 1 unspecified atom stereocenters. The molecule has 22 heavy (non-hydrogen) atoms. The van der Waals surface area contributed by atoms with E-state index in [0.717, 1.165) is 19.4 Å². The van der Waals surface area contributed by atoms with E-state index in [1.54, 1.807) is 29.5 Å². The van der Waals surface area contributed by atoms with Gasteiger partial charge in [-0.25, -0.2) is 4.79 Å². The summed E-state index contributed by atoms with van der Waals surface area (Å²) in [5.41, 5.74) is 1.86. The lowest BCUT2D eigenvalue weighted by Gasteiger charge is -2.35. The van der Waals surface area contributed by atoms with Crippen LogP contribution in [0.15, 0.2) is 29.6 Å². The van der Waals surface area contributed by atoms with Gasteiger partial charge in [0.25, 0.3) is 0 Å². The fraction of sp³-hybridized carbons (Fsp3) is 0.312. The van der Waals surface area contributed by atoms with Gasteiger partial charge in [-0.05, 0) is 48.1 Å². The van der Waals surface area contributed by atoms with E-state index in [0.29, 0.717) is 15.7 Å². The smallest absolute Gasteiger partial charge is 0.317 e. The summed E-state index contributed by atoms with van der Waals surface area (Å²) in [4.78, 5) is 15.9. The molecule has 0 saturated carbocycles. The molecule has 2 heterocycles. The lowest BCUT2D eigenvalue weighted by Crippen LogP contribution is -2.41.